The number of nitrogen functional groups attached to an aromatic ring is 1. The van der Waals surface area contributed by atoms with Crippen LogP contribution in [0.25, 0.3) is 0 Å². The zero-order chi connectivity index (χ0) is 18.4. The van der Waals surface area contributed by atoms with Gasteiger partial charge in [0, 0.05) is 50.4 Å². The number of nitrogens with zero attached hydrogens (tertiary/aromatic N) is 2. The molecule has 0 atom stereocenters. The molecule has 2 aromatic carbocycles. The molecule has 0 aromatic heterocycles. The molecule has 0 aliphatic carbocycles. The number of carbonyl (C=O) groups excluding carboxylic acids is 1. The van der Waals surface area contributed by atoms with Gasteiger partial charge in [-0.05, 0) is 24.1 Å². The van der Waals surface area contributed by atoms with E-state index < -0.39 is 0 Å². The fourth-order valence-corrected chi connectivity index (χ4v) is 3.39. The van der Waals surface area contributed by atoms with Crippen LogP contribution in [-0.4, -0.2) is 49.0 Å². The van der Waals surface area contributed by atoms with Crippen molar-refractivity contribution in [3.63, 3.8) is 0 Å². The second-order valence-electron chi connectivity index (χ2n) is 6.67. The van der Waals surface area contributed by atoms with E-state index in [2.05, 4.69) is 11.0 Å². The van der Waals surface area contributed by atoms with E-state index in [0.29, 0.717) is 12.8 Å². The third-order valence-corrected chi connectivity index (χ3v) is 4.97. The van der Waals surface area contributed by atoms with Crippen molar-refractivity contribution >= 4 is 11.6 Å². The monoisotopic (exact) mass is 353 g/mol. The summed E-state index contributed by atoms with van der Waals surface area (Å²) in [6, 6.07) is 15.9. The van der Waals surface area contributed by atoms with Crippen LogP contribution < -0.4 is 10.5 Å². The molecule has 1 aliphatic heterocycles. The second-order valence-corrected chi connectivity index (χ2v) is 6.67. The third kappa shape index (κ3) is 4.55. The molecule has 2 N–H and O–H groups in total. The van der Waals surface area contributed by atoms with Crippen LogP contribution in [0.15, 0.2) is 48.5 Å². The van der Waals surface area contributed by atoms with Crippen LogP contribution in [-0.2, 0) is 17.8 Å². The van der Waals surface area contributed by atoms with Gasteiger partial charge < -0.3 is 15.4 Å². The number of piperazine rings is 1. The number of benzene rings is 2. The first kappa shape index (κ1) is 18.3. The van der Waals surface area contributed by atoms with Gasteiger partial charge in [-0.25, -0.2) is 0 Å². The van der Waals surface area contributed by atoms with Gasteiger partial charge >= 0.3 is 0 Å². The number of carbonyl (C=O) groups is 1. The number of para-hydroxylation sites is 2. The Labute approximate surface area is 155 Å². The zero-order valence-electron chi connectivity index (χ0n) is 15.4. The lowest BCUT2D eigenvalue weighted by atomic mass is 10.1. The normalized spacial score (nSPS) is 15.0. The molecule has 0 spiro atoms. The van der Waals surface area contributed by atoms with Crippen molar-refractivity contribution in [1.29, 1.82) is 0 Å². The standard InChI is InChI=1S/C21H27N3O2/c1-26-20-9-5-3-7-18(20)16-23-12-14-24(15-13-23)21(25)11-10-17-6-2-4-8-19(17)22/h2-9H,10-16,22H2,1H3. The zero-order valence-corrected chi connectivity index (χ0v) is 15.4. The molecule has 0 bridgehead atoms. The molecule has 1 heterocycles. The Morgan fingerprint density at radius 2 is 1.65 bits per heavy atom. The van der Waals surface area contributed by atoms with E-state index in [1.54, 1.807) is 7.11 Å². The van der Waals surface area contributed by atoms with Gasteiger partial charge in [0.15, 0.2) is 0 Å². The molecular weight excluding hydrogens is 326 g/mol. The molecule has 2 aromatic rings. The molecule has 26 heavy (non-hydrogen) atoms. The van der Waals surface area contributed by atoms with Gasteiger partial charge in [0.1, 0.15) is 5.75 Å². The summed E-state index contributed by atoms with van der Waals surface area (Å²) in [5.41, 5.74) is 8.96. The van der Waals surface area contributed by atoms with Crippen LogP contribution in [0.5, 0.6) is 5.75 Å². The van der Waals surface area contributed by atoms with Crippen LogP contribution in [0.2, 0.25) is 0 Å². The summed E-state index contributed by atoms with van der Waals surface area (Å²) in [4.78, 5) is 16.8. The van der Waals surface area contributed by atoms with Crippen molar-refractivity contribution in [3.8, 4) is 5.75 Å². The van der Waals surface area contributed by atoms with E-state index in [4.69, 9.17) is 10.5 Å². The number of aryl methyl sites for hydroxylation is 1. The lowest BCUT2D eigenvalue weighted by molar-refractivity contribution is -0.133. The summed E-state index contributed by atoms with van der Waals surface area (Å²) < 4.78 is 5.43. The van der Waals surface area contributed by atoms with Crippen molar-refractivity contribution in [2.45, 2.75) is 19.4 Å². The van der Waals surface area contributed by atoms with Gasteiger partial charge in [-0.15, -0.1) is 0 Å². The van der Waals surface area contributed by atoms with Gasteiger partial charge in [-0.2, -0.15) is 0 Å². The van der Waals surface area contributed by atoms with Crippen molar-refractivity contribution in [1.82, 2.24) is 9.80 Å². The number of amides is 1. The van der Waals surface area contributed by atoms with E-state index >= 15 is 0 Å². The van der Waals surface area contributed by atoms with E-state index in [-0.39, 0.29) is 5.91 Å². The topological polar surface area (TPSA) is 58.8 Å². The molecule has 5 heteroatoms. The summed E-state index contributed by atoms with van der Waals surface area (Å²) in [5.74, 6) is 1.14. The summed E-state index contributed by atoms with van der Waals surface area (Å²) in [5, 5.41) is 0. The maximum absolute atomic E-state index is 12.5. The van der Waals surface area contributed by atoms with Crippen LogP contribution in [0.3, 0.4) is 0 Å². The molecule has 0 radical (unpaired) electrons. The van der Waals surface area contributed by atoms with E-state index in [9.17, 15) is 4.79 Å². The van der Waals surface area contributed by atoms with Crippen molar-refractivity contribution in [2.75, 3.05) is 39.0 Å². The van der Waals surface area contributed by atoms with Crippen LogP contribution >= 0.6 is 0 Å². The Bertz CT molecular complexity index is 740. The average molecular weight is 353 g/mol. The van der Waals surface area contributed by atoms with Gasteiger partial charge in [-0.3, -0.25) is 9.69 Å². The summed E-state index contributed by atoms with van der Waals surface area (Å²) in [6.45, 7) is 4.18. The summed E-state index contributed by atoms with van der Waals surface area (Å²) >= 11 is 0. The minimum Gasteiger partial charge on any atom is -0.496 e. The first-order chi connectivity index (χ1) is 12.7. The largest absolute Gasteiger partial charge is 0.496 e. The number of hydrogen-bond donors (Lipinski definition) is 1. The molecule has 1 amide bonds. The molecule has 3 rings (SSSR count). The Hall–Kier alpha value is -2.53. The molecule has 0 saturated carbocycles. The van der Waals surface area contributed by atoms with E-state index in [1.807, 2.05) is 47.4 Å². The lowest BCUT2D eigenvalue weighted by Crippen LogP contribution is -2.48. The minimum absolute atomic E-state index is 0.213. The fourth-order valence-electron chi connectivity index (χ4n) is 3.39. The van der Waals surface area contributed by atoms with Gasteiger partial charge in [0.25, 0.3) is 0 Å². The van der Waals surface area contributed by atoms with Crippen molar-refractivity contribution in [2.24, 2.45) is 0 Å². The number of ether oxygens (including phenoxy) is 1. The highest BCUT2D eigenvalue weighted by molar-refractivity contribution is 5.76. The highest BCUT2D eigenvalue weighted by Crippen LogP contribution is 2.20. The SMILES string of the molecule is COc1ccccc1CN1CCN(C(=O)CCc2ccccc2N)CC1. The minimum atomic E-state index is 0.213. The lowest BCUT2D eigenvalue weighted by Gasteiger charge is -2.35. The highest BCUT2D eigenvalue weighted by atomic mass is 16.5. The first-order valence-electron chi connectivity index (χ1n) is 9.13. The second kappa shape index (κ2) is 8.72. The summed E-state index contributed by atoms with van der Waals surface area (Å²) in [6.07, 6.45) is 1.22. The molecule has 1 aliphatic rings. The molecule has 1 saturated heterocycles. The third-order valence-electron chi connectivity index (χ3n) is 4.97. The number of rotatable bonds is 6. The summed E-state index contributed by atoms with van der Waals surface area (Å²) in [7, 11) is 1.70. The van der Waals surface area contributed by atoms with E-state index in [0.717, 1.165) is 49.7 Å². The Morgan fingerprint density at radius 1 is 1.00 bits per heavy atom. The predicted molar refractivity (Wildman–Crippen MR) is 104 cm³/mol. The smallest absolute Gasteiger partial charge is 0.222 e. The Kier molecular flexibility index (Phi) is 6.12. The molecular formula is C21H27N3O2. The van der Waals surface area contributed by atoms with Crippen LogP contribution in [0.4, 0.5) is 5.69 Å². The van der Waals surface area contributed by atoms with Crippen molar-refractivity contribution in [3.05, 3.63) is 59.7 Å². The van der Waals surface area contributed by atoms with Gasteiger partial charge in [0.2, 0.25) is 5.91 Å². The van der Waals surface area contributed by atoms with E-state index in [1.165, 1.54) is 5.56 Å². The molecule has 5 nitrogen and oxygen atoms in total. The van der Waals surface area contributed by atoms with Gasteiger partial charge in [-0.1, -0.05) is 36.4 Å². The predicted octanol–water partition coefficient (Wildman–Crippen LogP) is 2.55. The number of nitrogens with two attached hydrogens (primary N) is 1. The number of hydrogen-bond acceptors (Lipinski definition) is 4. The molecule has 1 fully saturated rings. The number of anilines is 1. The first-order valence-corrected chi connectivity index (χ1v) is 9.13. The quantitative estimate of drug-likeness (QED) is 0.811. The number of methoxy groups -OCH3 is 1. The van der Waals surface area contributed by atoms with Crippen LogP contribution in [0, 0.1) is 0 Å². The molecule has 0 unspecified atom stereocenters. The maximum Gasteiger partial charge on any atom is 0.222 e. The average Bonchev–Trinajstić information content (AvgIpc) is 2.68. The Morgan fingerprint density at radius 3 is 2.35 bits per heavy atom. The van der Waals surface area contributed by atoms with Crippen LogP contribution in [0.1, 0.15) is 17.5 Å². The maximum atomic E-state index is 12.5. The fraction of sp³-hybridized carbons (Fsp3) is 0.381. The van der Waals surface area contributed by atoms with Gasteiger partial charge in [0.05, 0.1) is 7.11 Å². The van der Waals surface area contributed by atoms with Crippen molar-refractivity contribution < 1.29 is 9.53 Å². The molecule has 138 valence electrons. The Balaban J connectivity index is 1.47. The highest BCUT2D eigenvalue weighted by Gasteiger charge is 2.21.